The van der Waals surface area contributed by atoms with E-state index in [1.54, 1.807) is 0 Å². The SMILES string of the molecule is COC(=O)c1cc(CN2CCO[C@H](C)C2)c2c(n1)C(C)CC2. The first-order chi connectivity index (χ1) is 10.6. The number of hydrogen-bond donors (Lipinski definition) is 0. The second-order valence-electron chi connectivity index (χ2n) is 6.38. The minimum Gasteiger partial charge on any atom is -0.464 e. The number of esters is 1. The van der Waals surface area contributed by atoms with Crippen molar-refractivity contribution in [3.63, 3.8) is 0 Å². The molecule has 0 N–H and O–H groups in total. The molecule has 2 atom stereocenters. The molecule has 1 aromatic rings. The molecule has 1 unspecified atom stereocenters. The zero-order chi connectivity index (χ0) is 15.7. The second-order valence-corrected chi connectivity index (χ2v) is 6.38. The second kappa shape index (κ2) is 6.34. The fourth-order valence-electron chi connectivity index (χ4n) is 3.47. The van der Waals surface area contributed by atoms with Crippen LogP contribution in [0.4, 0.5) is 0 Å². The van der Waals surface area contributed by atoms with Gasteiger partial charge in [0.05, 0.1) is 19.8 Å². The summed E-state index contributed by atoms with van der Waals surface area (Å²) < 4.78 is 10.5. The molecule has 1 aliphatic carbocycles. The molecule has 0 amide bonds. The van der Waals surface area contributed by atoms with Crippen molar-refractivity contribution < 1.29 is 14.3 Å². The number of morpholine rings is 1. The molecule has 5 heteroatoms. The number of carbonyl (C=O) groups excluding carboxylic acids is 1. The highest BCUT2D eigenvalue weighted by Gasteiger charge is 2.27. The maximum absolute atomic E-state index is 11.9. The van der Waals surface area contributed by atoms with Gasteiger partial charge in [-0.25, -0.2) is 9.78 Å². The molecule has 22 heavy (non-hydrogen) atoms. The van der Waals surface area contributed by atoms with Crippen LogP contribution < -0.4 is 0 Å². The van der Waals surface area contributed by atoms with Gasteiger partial charge in [-0.1, -0.05) is 6.92 Å². The first kappa shape index (κ1) is 15.4. The van der Waals surface area contributed by atoms with Gasteiger partial charge in [0.1, 0.15) is 5.69 Å². The number of ether oxygens (including phenoxy) is 2. The molecule has 0 aromatic carbocycles. The molecular formula is C17H24N2O3. The molecule has 0 radical (unpaired) electrons. The van der Waals surface area contributed by atoms with Gasteiger partial charge in [-0.15, -0.1) is 0 Å². The summed E-state index contributed by atoms with van der Waals surface area (Å²) in [5.74, 6) is 0.0699. The van der Waals surface area contributed by atoms with Crippen molar-refractivity contribution in [2.75, 3.05) is 26.8 Å². The first-order valence-corrected chi connectivity index (χ1v) is 8.03. The highest BCUT2D eigenvalue weighted by molar-refractivity contribution is 5.87. The third-order valence-electron chi connectivity index (χ3n) is 4.66. The first-order valence-electron chi connectivity index (χ1n) is 8.03. The van der Waals surface area contributed by atoms with Gasteiger partial charge in [0.25, 0.3) is 0 Å². The fraction of sp³-hybridized carbons (Fsp3) is 0.647. The number of aromatic nitrogens is 1. The third-order valence-corrected chi connectivity index (χ3v) is 4.66. The molecular weight excluding hydrogens is 280 g/mol. The molecule has 0 bridgehead atoms. The monoisotopic (exact) mass is 304 g/mol. The summed E-state index contributed by atoms with van der Waals surface area (Å²) in [5.41, 5.74) is 4.08. The van der Waals surface area contributed by atoms with E-state index >= 15 is 0 Å². The summed E-state index contributed by atoms with van der Waals surface area (Å²) in [7, 11) is 1.41. The highest BCUT2D eigenvalue weighted by atomic mass is 16.5. The maximum atomic E-state index is 11.9. The Morgan fingerprint density at radius 1 is 1.50 bits per heavy atom. The van der Waals surface area contributed by atoms with E-state index in [4.69, 9.17) is 9.47 Å². The number of rotatable bonds is 3. The van der Waals surface area contributed by atoms with E-state index in [9.17, 15) is 4.79 Å². The smallest absolute Gasteiger partial charge is 0.356 e. The molecule has 3 rings (SSSR count). The Balaban J connectivity index is 1.90. The predicted octanol–water partition coefficient (Wildman–Crippen LogP) is 2.14. The lowest BCUT2D eigenvalue weighted by atomic mass is 10.0. The molecule has 1 saturated heterocycles. The maximum Gasteiger partial charge on any atom is 0.356 e. The van der Waals surface area contributed by atoms with Gasteiger partial charge in [-0.05, 0) is 42.9 Å². The molecule has 0 spiro atoms. The normalized spacial score (nSPS) is 25.0. The van der Waals surface area contributed by atoms with Crippen molar-refractivity contribution >= 4 is 5.97 Å². The zero-order valence-corrected chi connectivity index (χ0v) is 13.6. The van der Waals surface area contributed by atoms with E-state index in [2.05, 4.69) is 23.7 Å². The predicted molar refractivity (Wildman–Crippen MR) is 83.0 cm³/mol. The van der Waals surface area contributed by atoms with Crippen molar-refractivity contribution in [3.05, 3.63) is 28.6 Å². The summed E-state index contributed by atoms with van der Waals surface area (Å²) in [5, 5.41) is 0. The van der Waals surface area contributed by atoms with Crippen LogP contribution in [0.15, 0.2) is 6.07 Å². The van der Waals surface area contributed by atoms with Crippen molar-refractivity contribution in [2.24, 2.45) is 0 Å². The Kier molecular flexibility index (Phi) is 4.45. The van der Waals surface area contributed by atoms with E-state index in [1.807, 2.05) is 6.07 Å². The van der Waals surface area contributed by atoms with Gasteiger partial charge in [0.2, 0.25) is 0 Å². The minimum atomic E-state index is -0.349. The summed E-state index contributed by atoms with van der Waals surface area (Å²) >= 11 is 0. The largest absolute Gasteiger partial charge is 0.464 e. The van der Waals surface area contributed by atoms with E-state index in [0.717, 1.165) is 44.8 Å². The standard InChI is InChI=1S/C17H24N2O3/c1-11-4-5-14-13(10-19-6-7-22-12(2)9-19)8-15(17(20)21-3)18-16(11)14/h8,11-12H,4-7,9-10H2,1-3H3/t11?,12-/m1/s1. The van der Waals surface area contributed by atoms with Crippen molar-refractivity contribution in [1.29, 1.82) is 0 Å². The van der Waals surface area contributed by atoms with Crippen LogP contribution in [0, 0.1) is 0 Å². The van der Waals surface area contributed by atoms with Crippen LogP contribution in [0.2, 0.25) is 0 Å². The van der Waals surface area contributed by atoms with Crippen molar-refractivity contribution in [3.8, 4) is 0 Å². The molecule has 5 nitrogen and oxygen atoms in total. The van der Waals surface area contributed by atoms with Gasteiger partial charge in [-0.3, -0.25) is 4.90 Å². The lowest BCUT2D eigenvalue weighted by molar-refractivity contribution is -0.0213. The fourth-order valence-corrected chi connectivity index (χ4v) is 3.47. The van der Waals surface area contributed by atoms with Crippen molar-refractivity contribution in [1.82, 2.24) is 9.88 Å². The van der Waals surface area contributed by atoms with E-state index in [-0.39, 0.29) is 12.1 Å². The molecule has 1 aliphatic heterocycles. The number of methoxy groups -OCH3 is 1. The van der Waals surface area contributed by atoms with Gasteiger partial charge < -0.3 is 9.47 Å². The summed E-state index contributed by atoms with van der Waals surface area (Å²) in [6, 6.07) is 1.92. The van der Waals surface area contributed by atoms with Crippen LogP contribution >= 0.6 is 0 Å². The molecule has 2 heterocycles. The Labute approximate surface area is 131 Å². The molecule has 2 aliphatic rings. The lowest BCUT2D eigenvalue weighted by Crippen LogP contribution is -2.40. The Morgan fingerprint density at radius 3 is 3.05 bits per heavy atom. The number of nitrogens with zero attached hydrogens (tertiary/aromatic N) is 2. The molecule has 1 fully saturated rings. The highest BCUT2D eigenvalue weighted by Crippen LogP contribution is 2.34. The van der Waals surface area contributed by atoms with E-state index < -0.39 is 0 Å². The number of pyridine rings is 1. The van der Waals surface area contributed by atoms with Crippen LogP contribution in [0.25, 0.3) is 0 Å². The Bertz CT molecular complexity index is 573. The lowest BCUT2D eigenvalue weighted by Gasteiger charge is -2.31. The Morgan fingerprint density at radius 2 is 2.32 bits per heavy atom. The molecule has 120 valence electrons. The van der Waals surface area contributed by atoms with Gasteiger partial charge in [-0.2, -0.15) is 0 Å². The molecule has 1 aromatic heterocycles. The summed E-state index contributed by atoms with van der Waals surface area (Å²) in [4.78, 5) is 18.9. The summed E-state index contributed by atoms with van der Waals surface area (Å²) in [6.07, 6.45) is 2.43. The van der Waals surface area contributed by atoms with Crippen LogP contribution in [-0.2, 0) is 22.4 Å². The number of carbonyl (C=O) groups is 1. The van der Waals surface area contributed by atoms with Gasteiger partial charge >= 0.3 is 5.97 Å². The van der Waals surface area contributed by atoms with Gasteiger partial charge in [0, 0.05) is 25.3 Å². The van der Waals surface area contributed by atoms with E-state index in [0.29, 0.717) is 11.6 Å². The average Bonchev–Trinajstić information content (AvgIpc) is 2.88. The average molecular weight is 304 g/mol. The van der Waals surface area contributed by atoms with Gasteiger partial charge in [0.15, 0.2) is 0 Å². The van der Waals surface area contributed by atoms with Crippen LogP contribution in [0.3, 0.4) is 0 Å². The number of hydrogen-bond acceptors (Lipinski definition) is 5. The zero-order valence-electron chi connectivity index (χ0n) is 13.6. The quantitative estimate of drug-likeness (QED) is 0.801. The topological polar surface area (TPSA) is 51.7 Å². The number of fused-ring (bicyclic) bond motifs is 1. The minimum absolute atomic E-state index is 0.266. The van der Waals surface area contributed by atoms with Crippen LogP contribution in [0.5, 0.6) is 0 Å². The van der Waals surface area contributed by atoms with Crippen LogP contribution in [-0.4, -0.2) is 48.8 Å². The summed E-state index contributed by atoms with van der Waals surface area (Å²) in [6.45, 7) is 7.78. The van der Waals surface area contributed by atoms with Crippen molar-refractivity contribution in [2.45, 2.75) is 45.3 Å². The van der Waals surface area contributed by atoms with Crippen LogP contribution in [0.1, 0.15) is 53.5 Å². The Hall–Kier alpha value is -1.46. The van der Waals surface area contributed by atoms with E-state index in [1.165, 1.54) is 18.2 Å². The molecule has 0 saturated carbocycles. The third kappa shape index (κ3) is 3.01.